The average molecular weight is 424 g/mol. The predicted molar refractivity (Wildman–Crippen MR) is 108 cm³/mol. The van der Waals surface area contributed by atoms with Crippen molar-refractivity contribution in [2.75, 3.05) is 0 Å². The molecule has 0 atom stereocenters. The number of hydrogen-bond acceptors (Lipinski definition) is 2. The maximum atomic E-state index is 13.3. The van der Waals surface area contributed by atoms with Crippen molar-refractivity contribution in [3.63, 3.8) is 0 Å². The molecule has 0 fully saturated rings. The lowest BCUT2D eigenvalue weighted by atomic mass is 9.92. The van der Waals surface area contributed by atoms with E-state index in [1.807, 2.05) is 41.5 Å². The van der Waals surface area contributed by atoms with Crippen LogP contribution in [0.2, 0.25) is 0 Å². The van der Waals surface area contributed by atoms with Crippen LogP contribution in [-0.2, 0) is 20.1 Å². The molecule has 10 heteroatoms. The van der Waals surface area contributed by atoms with Crippen molar-refractivity contribution >= 4 is 26.5 Å². The molecule has 2 aromatic heterocycles. The summed E-state index contributed by atoms with van der Waals surface area (Å²) in [7, 11) is -6.53. The molecule has 0 aromatic carbocycles. The lowest BCUT2D eigenvalue weighted by molar-refractivity contribution is -0.526. The Morgan fingerprint density at radius 3 is 1.27 bits per heavy atom. The molecule has 0 aliphatic carbocycles. The lowest BCUT2D eigenvalue weighted by Gasteiger charge is -2.17. The molecule has 4 nitrogen and oxygen atoms in total. The summed E-state index contributed by atoms with van der Waals surface area (Å²) < 4.78 is 65.4. The van der Waals surface area contributed by atoms with Crippen molar-refractivity contribution in [2.24, 2.45) is 0 Å². The van der Waals surface area contributed by atoms with Gasteiger partial charge >= 0.3 is 14.9 Å². The molecule has 0 aliphatic rings. The topological polar surface area (TPSA) is 30.3 Å². The van der Waals surface area contributed by atoms with Gasteiger partial charge in [-0.2, -0.15) is 0 Å². The maximum Gasteiger partial charge on any atom is 0.796 e. The van der Waals surface area contributed by atoms with E-state index < -0.39 is 26.5 Å². The van der Waals surface area contributed by atoms with Crippen LogP contribution in [-0.4, -0.2) is 14.9 Å². The first-order valence-electron chi connectivity index (χ1n) is 9.35. The van der Waals surface area contributed by atoms with E-state index in [1.165, 1.54) is 20.6 Å². The molecule has 2 heterocycles. The van der Waals surface area contributed by atoms with E-state index in [-0.39, 0.29) is 21.5 Å². The molecule has 0 saturated heterocycles. The maximum absolute atomic E-state index is 13.3. The Morgan fingerprint density at radius 2 is 1.07 bits per heavy atom. The molecule has 2 rings (SSSR count). The zero-order valence-corrected chi connectivity index (χ0v) is 18.1. The third-order valence-electron chi connectivity index (χ3n) is 4.58. The normalized spacial score (nSPS) is 14.3. The zero-order valence-electron chi connectivity index (χ0n) is 18.1. The summed E-state index contributed by atoms with van der Waals surface area (Å²) in [6.45, 7) is 19.3. The van der Waals surface area contributed by atoms with Gasteiger partial charge in [0.05, 0.1) is 13.4 Å². The minimum absolute atomic E-state index is 0.0781. The van der Waals surface area contributed by atoms with Crippen molar-refractivity contribution in [1.29, 1.82) is 0 Å². The first-order valence-corrected chi connectivity index (χ1v) is 9.35. The first-order chi connectivity index (χ1) is 13.6. The van der Waals surface area contributed by atoms with E-state index >= 15 is 0 Å². The molecule has 162 valence electrons. The predicted octanol–water partition coefficient (Wildman–Crippen LogP) is 2.37. The lowest BCUT2D eigenvalue weighted by Crippen LogP contribution is -2.44. The summed E-state index contributed by atoms with van der Waals surface area (Å²) in [5, 5.41) is 0.156. The van der Waals surface area contributed by atoms with Crippen LogP contribution < -0.4 is 19.2 Å². The first kappa shape index (κ1) is 23.8. The van der Waals surface area contributed by atoms with Gasteiger partial charge in [-0.3, -0.25) is 8.49 Å². The van der Waals surface area contributed by atoms with Crippen molar-refractivity contribution in [3.05, 3.63) is 59.8 Å². The fraction of sp³-hybridized carbons (Fsp3) is 0.400. The highest BCUT2D eigenvalue weighted by atomic mass is 19.2. The van der Waals surface area contributed by atoms with E-state index in [4.69, 9.17) is 9.31 Å². The highest BCUT2D eigenvalue weighted by Crippen LogP contribution is 2.21. The van der Waals surface area contributed by atoms with E-state index in [0.29, 0.717) is 11.4 Å². The van der Waals surface area contributed by atoms with Crippen molar-refractivity contribution in [2.45, 2.75) is 52.4 Å². The fourth-order valence-electron chi connectivity index (χ4n) is 3.28. The highest BCUT2D eigenvalue weighted by Gasteiger charge is 2.30. The number of nitrogens with zero attached hydrogens (tertiary/aromatic N) is 2. The van der Waals surface area contributed by atoms with Gasteiger partial charge in [0.2, 0.25) is 0 Å². The van der Waals surface area contributed by atoms with Crippen LogP contribution >= 0.6 is 0 Å². The average Bonchev–Trinajstić information content (AvgIpc) is 3.12. The monoisotopic (exact) mass is 424 g/mol. The fourth-order valence-corrected chi connectivity index (χ4v) is 3.28. The van der Waals surface area contributed by atoms with Crippen LogP contribution in [0.3, 0.4) is 0 Å². The zero-order chi connectivity index (χ0) is 23.0. The van der Waals surface area contributed by atoms with E-state index in [2.05, 4.69) is 13.4 Å². The molecule has 0 N–H and O–H groups in total. The summed E-state index contributed by atoms with van der Waals surface area (Å²) in [6, 6.07) is 6.34. The Labute approximate surface area is 174 Å². The molecular weight excluding hydrogens is 398 g/mol. The van der Waals surface area contributed by atoms with E-state index in [1.54, 1.807) is 12.1 Å². The van der Waals surface area contributed by atoms with E-state index in [0.717, 1.165) is 0 Å². The summed E-state index contributed by atoms with van der Waals surface area (Å²) >= 11 is 0. The summed E-state index contributed by atoms with van der Waals surface area (Å²) in [4.78, 5) is 0. The smallest absolute Gasteiger partial charge is 0.506 e. The minimum atomic E-state index is -3.26. The SMILES string of the molecule is C=[n+]1/c(=C(OB(F)F)\C(OB(F)F)=c2\cc[c-](C(C)(C)C)[n+]2=C)cc[c-]1C(C)(C)C. The van der Waals surface area contributed by atoms with Crippen molar-refractivity contribution in [1.82, 2.24) is 0 Å². The molecular formula is C20H26B2F4N2O2. The van der Waals surface area contributed by atoms with Crippen molar-refractivity contribution in [3.8, 4) is 0 Å². The van der Waals surface area contributed by atoms with Crippen LogP contribution in [0.15, 0.2) is 24.3 Å². The third-order valence-corrected chi connectivity index (χ3v) is 4.58. The summed E-state index contributed by atoms with van der Waals surface area (Å²) in [5.74, 6) is -1.08. The Balaban J connectivity index is 3.01. The number of aromatic nitrogens is 2. The van der Waals surface area contributed by atoms with Gasteiger partial charge in [-0.1, -0.05) is 65.8 Å². The van der Waals surface area contributed by atoms with Gasteiger partial charge in [-0.05, 0) is 0 Å². The second-order valence-electron chi connectivity index (χ2n) is 8.98. The minimum Gasteiger partial charge on any atom is -0.506 e. The second kappa shape index (κ2) is 8.32. The molecule has 0 radical (unpaired) electrons. The second-order valence-corrected chi connectivity index (χ2v) is 8.98. The molecule has 0 amide bonds. The van der Waals surface area contributed by atoms with Gasteiger partial charge < -0.3 is 9.31 Å². The van der Waals surface area contributed by atoms with Gasteiger partial charge in [-0.25, -0.2) is 17.3 Å². The van der Waals surface area contributed by atoms with Crippen molar-refractivity contribution < 1.29 is 35.1 Å². The van der Waals surface area contributed by atoms with E-state index in [9.17, 15) is 17.3 Å². The van der Waals surface area contributed by atoms with Gasteiger partial charge in [0.1, 0.15) is 22.1 Å². The van der Waals surface area contributed by atoms with Gasteiger partial charge in [0.25, 0.3) is 0 Å². The summed E-state index contributed by atoms with van der Waals surface area (Å²) in [6.07, 6.45) is 0. The van der Waals surface area contributed by atoms with Crippen LogP contribution in [0.25, 0.3) is 11.5 Å². The Morgan fingerprint density at radius 1 is 0.767 bits per heavy atom. The number of hydrogen-bond donors (Lipinski definition) is 0. The number of rotatable bonds is 5. The van der Waals surface area contributed by atoms with Crippen LogP contribution in [0.1, 0.15) is 52.9 Å². The van der Waals surface area contributed by atoms with Gasteiger partial charge in [0, 0.05) is 10.8 Å². The third kappa shape index (κ3) is 4.96. The van der Waals surface area contributed by atoms with Gasteiger partial charge in [-0.15, -0.1) is 0 Å². The molecule has 2 aromatic rings. The number of halogens is 4. The summed E-state index contributed by atoms with van der Waals surface area (Å²) in [5.41, 5.74) is 0.659. The molecule has 0 unspecified atom stereocenters. The highest BCUT2D eigenvalue weighted by molar-refractivity contribution is 6.38. The van der Waals surface area contributed by atoms with Crippen LogP contribution in [0.5, 0.6) is 0 Å². The molecule has 0 saturated carbocycles. The molecule has 0 aliphatic heterocycles. The largest absolute Gasteiger partial charge is 0.796 e. The Kier molecular flexibility index (Phi) is 6.59. The van der Waals surface area contributed by atoms with Crippen LogP contribution in [0, 0.1) is 13.4 Å². The van der Waals surface area contributed by atoms with Gasteiger partial charge in [0.15, 0.2) is 11.5 Å². The Bertz CT molecular complexity index is 1040. The van der Waals surface area contributed by atoms with Crippen LogP contribution in [0.4, 0.5) is 17.3 Å². The molecule has 0 bridgehead atoms. The molecule has 30 heavy (non-hydrogen) atoms. The quantitative estimate of drug-likeness (QED) is 0.320. The molecule has 0 spiro atoms. The Hall–Kier alpha value is -2.51. The standard InChI is InChI=1S/C20H26B2F4N2O2/c1-19(2,3)15-11-9-13(27(15)7)17(29-21(23)24)18(30-22(25)26)14-10-12-16(28(14)8)20(4,5)6/h9-12H,7-8H2,1-6H3/b17-13+,18-14+.